The largest absolute Gasteiger partial charge is 0.495 e. The maximum atomic E-state index is 12.1. The third-order valence-electron chi connectivity index (χ3n) is 2.91. The van der Waals surface area contributed by atoms with Gasteiger partial charge in [-0.25, -0.2) is 0 Å². The number of nitrogens with one attached hydrogen (secondary N) is 2. The molecule has 0 heterocycles. The molecule has 0 aliphatic rings. The second kappa shape index (κ2) is 8.24. The first-order chi connectivity index (χ1) is 11.1. The molecule has 0 fully saturated rings. The first kappa shape index (κ1) is 16.9. The van der Waals surface area contributed by atoms with E-state index in [1.165, 1.54) is 18.7 Å². The van der Waals surface area contributed by atoms with E-state index in [1.807, 2.05) is 30.3 Å². The van der Waals surface area contributed by atoms with Gasteiger partial charge in [-0.3, -0.25) is 9.59 Å². The summed E-state index contributed by atoms with van der Waals surface area (Å²) < 4.78 is 5.20. The number of ether oxygens (including phenoxy) is 1. The number of carbonyl (C=O) groups is 2. The van der Waals surface area contributed by atoms with Crippen molar-refractivity contribution < 1.29 is 14.3 Å². The topological polar surface area (TPSA) is 67.4 Å². The van der Waals surface area contributed by atoms with Crippen LogP contribution in [0.25, 0.3) is 0 Å². The molecule has 5 nitrogen and oxygen atoms in total. The lowest BCUT2D eigenvalue weighted by molar-refractivity contribution is -0.114. The zero-order chi connectivity index (χ0) is 16.7. The highest BCUT2D eigenvalue weighted by molar-refractivity contribution is 8.00. The molecule has 2 aromatic rings. The first-order valence-corrected chi connectivity index (χ1v) is 8.00. The summed E-state index contributed by atoms with van der Waals surface area (Å²) in [5, 5.41) is 5.54. The molecule has 0 unspecified atom stereocenters. The molecule has 6 heteroatoms. The van der Waals surface area contributed by atoms with Gasteiger partial charge in [0.25, 0.3) is 0 Å². The van der Waals surface area contributed by atoms with E-state index in [1.54, 1.807) is 25.3 Å². The Bertz CT molecular complexity index is 704. The Kier molecular flexibility index (Phi) is 6.05. The maximum absolute atomic E-state index is 12.1. The Morgan fingerprint density at radius 2 is 1.87 bits per heavy atom. The van der Waals surface area contributed by atoms with Gasteiger partial charge in [0, 0.05) is 17.5 Å². The monoisotopic (exact) mass is 330 g/mol. The summed E-state index contributed by atoms with van der Waals surface area (Å²) in [6.45, 7) is 1.46. The molecule has 0 aromatic heterocycles. The summed E-state index contributed by atoms with van der Waals surface area (Å²) in [6.07, 6.45) is 0. The highest BCUT2D eigenvalue weighted by Crippen LogP contribution is 2.25. The smallest absolute Gasteiger partial charge is 0.234 e. The van der Waals surface area contributed by atoms with Crippen molar-refractivity contribution in [2.75, 3.05) is 23.5 Å². The van der Waals surface area contributed by atoms with E-state index in [2.05, 4.69) is 10.6 Å². The molecule has 0 radical (unpaired) electrons. The predicted molar refractivity (Wildman–Crippen MR) is 93.1 cm³/mol. The van der Waals surface area contributed by atoms with Crippen molar-refractivity contribution >= 4 is 35.0 Å². The molecule has 0 saturated heterocycles. The van der Waals surface area contributed by atoms with Gasteiger partial charge in [0.15, 0.2) is 0 Å². The minimum Gasteiger partial charge on any atom is -0.495 e. The van der Waals surface area contributed by atoms with Crippen LogP contribution in [0.15, 0.2) is 53.4 Å². The van der Waals surface area contributed by atoms with Gasteiger partial charge in [-0.2, -0.15) is 0 Å². The molecule has 0 saturated carbocycles. The van der Waals surface area contributed by atoms with Crippen LogP contribution < -0.4 is 15.4 Å². The summed E-state index contributed by atoms with van der Waals surface area (Å²) in [6, 6.07) is 14.6. The van der Waals surface area contributed by atoms with Gasteiger partial charge < -0.3 is 15.4 Å². The molecule has 23 heavy (non-hydrogen) atoms. The number of para-hydroxylation sites is 2. The number of methoxy groups -OCH3 is 1. The second-order valence-corrected chi connectivity index (χ2v) is 5.79. The molecule has 0 spiro atoms. The Morgan fingerprint density at radius 1 is 1.09 bits per heavy atom. The third kappa shape index (κ3) is 5.34. The van der Waals surface area contributed by atoms with Gasteiger partial charge in [0.2, 0.25) is 11.8 Å². The predicted octanol–water partition coefficient (Wildman–Crippen LogP) is 3.38. The fourth-order valence-corrected chi connectivity index (χ4v) is 2.71. The van der Waals surface area contributed by atoms with Gasteiger partial charge in [0.05, 0.1) is 18.6 Å². The molecule has 0 bridgehead atoms. The summed E-state index contributed by atoms with van der Waals surface area (Å²) in [5.41, 5.74) is 1.36. The molecular weight excluding hydrogens is 312 g/mol. The average Bonchev–Trinajstić information content (AvgIpc) is 2.53. The van der Waals surface area contributed by atoms with E-state index >= 15 is 0 Å². The van der Waals surface area contributed by atoms with Crippen LogP contribution in [-0.4, -0.2) is 24.7 Å². The van der Waals surface area contributed by atoms with Crippen LogP contribution in [0, 0.1) is 0 Å². The molecular formula is C17H18N2O3S. The van der Waals surface area contributed by atoms with Crippen LogP contribution in [0.5, 0.6) is 5.75 Å². The van der Waals surface area contributed by atoms with E-state index in [0.717, 1.165) is 4.90 Å². The van der Waals surface area contributed by atoms with Crippen LogP contribution in [0.3, 0.4) is 0 Å². The van der Waals surface area contributed by atoms with Gasteiger partial charge in [0.1, 0.15) is 5.75 Å². The SMILES string of the molecule is COc1ccccc1NC(=O)CSc1cccc(NC(C)=O)c1. The third-order valence-corrected chi connectivity index (χ3v) is 3.90. The molecule has 120 valence electrons. The van der Waals surface area contributed by atoms with E-state index in [-0.39, 0.29) is 17.6 Å². The van der Waals surface area contributed by atoms with E-state index in [4.69, 9.17) is 4.74 Å². The highest BCUT2D eigenvalue weighted by Gasteiger charge is 2.08. The zero-order valence-electron chi connectivity index (χ0n) is 13.0. The standard InChI is InChI=1S/C17H18N2O3S/c1-12(20)18-13-6-5-7-14(10-13)23-11-17(21)19-15-8-3-4-9-16(15)22-2/h3-10H,11H2,1-2H3,(H,18,20)(H,19,21). The van der Waals surface area contributed by atoms with Crippen LogP contribution >= 0.6 is 11.8 Å². The first-order valence-electron chi connectivity index (χ1n) is 7.02. The summed E-state index contributed by atoms with van der Waals surface area (Å²) >= 11 is 1.40. The summed E-state index contributed by atoms with van der Waals surface area (Å²) in [5.74, 6) is 0.644. The van der Waals surface area contributed by atoms with Crippen molar-refractivity contribution in [3.63, 3.8) is 0 Å². The number of carbonyl (C=O) groups excluding carboxylic acids is 2. The second-order valence-electron chi connectivity index (χ2n) is 4.75. The van der Waals surface area contributed by atoms with Crippen LogP contribution in [0.2, 0.25) is 0 Å². The van der Waals surface area contributed by atoms with Gasteiger partial charge >= 0.3 is 0 Å². The van der Waals surface area contributed by atoms with Crippen LogP contribution in [0.4, 0.5) is 11.4 Å². The van der Waals surface area contributed by atoms with Crippen molar-refractivity contribution in [1.82, 2.24) is 0 Å². The number of rotatable bonds is 6. The minimum atomic E-state index is -0.124. The summed E-state index contributed by atoms with van der Waals surface area (Å²) in [7, 11) is 1.56. The van der Waals surface area contributed by atoms with Crippen LogP contribution in [-0.2, 0) is 9.59 Å². The molecule has 0 atom stereocenters. The lowest BCUT2D eigenvalue weighted by Gasteiger charge is -2.10. The fraction of sp³-hybridized carbons (Fsp3) is 0.176. The van der Waals surface area contributed by atoms with Crippen LogP contribution in [0.1, 0.15) is 6.92 Å². The number of hydrogen-bond acceptors (Lipinski definition) is 4. The van der Waals surface area contributed by atoms with Gasteiger partial charge in [-0.15, -0.1) is 11.8 Å². The van der Waals surface area contributed by atoms with Gasteiger partial charge in [-0.05, 0) is 30.3 Å². The number of benzene rings is 2. The minimum absolute atomic E-state index is 0.121. The van der Waals surface area contributed by atoms with Crippen molar-refractivity contribution in [2.45, 2.75) is 11.8 Å². The number of amides is 2. The van der Waals surface area contributed by atoms with Crippen molar-refractivity contribution in [3.8, 4) is 5.75 Å². The molecule has 2 amide bonds. The highest BCUT2D eigenvalue weighted by atomic mass is 32.2. The maximum Gasteiger partial charge on any atom is 0.234 e. The Balaban J connectivity index is 1.93. The molecule has 0 aliphatic carbocycles. The summed E-state index contributed by atoms with van der Waals surface area (Å²) in [4.78, 5) is 24.0. The van der Waals surface area contributed by atoms with Crippen molar-refractivity contribution in [2.24, 2.45) is 0 Å². The number of anilines is 2. The lowest BCUT2D eigenvalue weighted by Crippen LogP contribution is -2.14. The Hall–Kier alpha value is -2.47. The fourth-order valence-electron chi connectivity index (χ4n) is 1.95. The molecule has 0 aliphatic heterocycles. The normalized spacial score (nSPS) is 10.0. The Morgan fingerprint density at radius 3 is 2.61 bits per heavy atom. The zero-order valence-corrected chi connectivity index (χ0v) is 13.8. The molecule has 2 rings (SSSR count). The van der Waals surface area contributed by atoms with E-state index < -0.39 is 0 Å². The van der Waals surface area contributed by atoms with E-state index in [9.17, 15) is 9.59 Å². The Labute approximate surface area is 139 Å². The van der Waals surface area contributed by atoms with Crippen molar-refractivity contribution in [1.29, 1.82) is 0 Å². The molecule has 2 aromatic carbocycles. The lowest BCUT2D eigenvalue weighted by atomic mass is 10.3. The number of hydrogen-bond donors (Lipinski definition) is 2. The number of thioether (sulfide) groups is 1. The average molecular weight is 330 g/mol. The van der Waals surface area contributed by atoms with Gasteiger partial charge in [-0.1, -0.05) is 18.2 Å². The van der Waals surface area contributed by atoms with E-state index in [0.29, 0.717) is 17.1 Å². The quantitative estimate of drug-likeness (QED) is 0.797. The molecule has 2 N–H and O–H groups in total. The van der Waals surface area contributed by atoms with Crippen molar-refractivity contribution in [3.05, 3.63) is 48.5 Å².